The molecule has 0 spiro atoms. The van der Waals surface area contributed by atoms with E-state index in [0.29, 0.717) is 5.92 Å². The number of rotatable bonds is 9. The third kappa shape index (κ3) is 6.45. The molecule has 6 rings (SSSR count). The molecule has 3 atom stereocenters. The number of carbonyl (C=O) groups excluding carboxylic acids is 1. The number of hydrogen-bond acceptors (Lipinski definition) is 6. The van der Waals surface area contributed by atoms with Gasteiger partial charge < -0.3 is 19.9 Å². The molecule has 0 unspecified atom stereocenters. The van der Waals surface area contributed by atoms with Crippen molar-refractivity contribution in [2.24, 2.45) is 17.8 Å². The number of nitrogens with zero attached hydrogens (tertiary/aromatic N) is 3. The van der Waals surface area contributed by atoms with Gasteiger partial charge in [-0.15, -0.1) is 0 Å². The molecule has 6 nitrogen and oxygen atoms in total. The zero-order valence-corrected chi connectivity index (χ0v) is 26.1. The zero-order valence-electron chi connectivity index (χ0n) is 25.3. The highest BCUT2D eigenvalue weighted by Crippen LogP contribution is 2.51. The van der Waals surface area contributed by atoms with Crippen molar-refractivity contribution < 1.29 is 13.9 Å². The van der Waals surface area contributed by atoms with Crippen LogP contribution >= 0.6 is 11.8 Å². The van der Waals surface area contributed by atoms with Gasteiger partial charge in [-0.3, -0.25) is 0 Å². The summed E-state index contributed by atoms with van der Waals surface area (Å²) < 4.78 is 20.3. The van der Waals surface area contributed by atoms with Crippen molar-refractivity contribution in [1.29, 1.82) is 5.26 Å². The lowest BCUT2D eigenvalue weighted by molar-refractivity contribution is 0.0306. The van der Waals surface area contributed by atoms with Crippen LogP contribution in [0.25, 0.3) is 0 Å². The molecule has 3 aromatic carbocycles. The Morgan fingerprint density at radius 3 is 2.41 bits per heavy atom. The number of amides is 1. The van der Waals surface area contributed by atoms with Gasteiger partial charge in [-0.05, 0) is 105 Å². The van der Waals surface area contributed by atoms with Crippen LogP contribution in [0.1, 0.15) is 37.7 Å². The summed E-state index contributed by atoms with van der Waals surface area (Å²) in [4.78, 5) is 19.7. The van der Waals surface area contributed by atoms with Crippen molar-refractivity contribution in [2.45, 2.75) is 53.4 Å². The van der Waals surface area contributed by atoms with Gasteiger partial charge in [0.15, 0.2) is 0 Å². The molecular formula is C36H41FN4O2S. The Balaban J connectivity index is 1.07. The van der Waals surface area contributed by atoms with Gasteiger partial charge in [0.05, 0.1) is 11.5 Å². The lowest BCUT2D eigenvalue weighted by Crippen LogP contribution is -2.54. The summed E-state index contributed by atoms with van der Waals surface area (Å²) in [6.07, 6.45) is 3.30. The van der Waals surface area contributed by atoms with Gasteiger partial charge in [0, 0.05) is 54.0 Å². The minimum absolute atomic E-state index is 0.0644. The van der Waals surface area contributed by atoms with Crippen molar-refractivity contribution in [2.75, 3.05) is 44.7 Å². The minimum Gasteiger partial charge on any atom is -0.446 e. The van der Waals surface area contributed by atoms with Gasteiger partial charge in [-0.1, -0.05) is 42.1 Å². The summed E-state index contributed by atoms with van der Waals surface area (Å²) in [7, 11) is 1.55. The molecule has 2 aliphatic heterocycles. The van der Waals surface area contributed by atoms with Gasteiger partial charge in [0.1, 0.15) is 11.9 Å². The smallest absolute Gasteiger partial charge is 0.407 e. The summed E-state index contributed by atoms with van der Waals surface area (Å²) in [6, 6.07) is 28.6. The molecule has 230 valence electrons. The van der Waals surface area contributed by atoms with E-state index in [1.165, 1.54) is 27.6 Å². The molecule has 1 aliphatic carbocycles. The van der Waals surface area contributed by atoms with Crippen LogP contribution in [0.3, 0.4) is 0 Å². The summed E-state index contributed by atoms with van der Waals surface area (Å²) in [6.45, 7) is 4.99. The monoisotopic (exact) mass is 612 g/mol. The number of nitrogens with one attached hydrogen (secondary N) is 1. The van der Waals surface area contributed by atoms with E-state index in [1.54, 1.807) is 24.9 Å². The van der Waals surface area contributed by atoms with Crippen LogP contribution in [-0.2, 0) is 10.2 Å². The first-order chi connectivity index (χ1) is 21.5. The van der Waals surface area contributed by atoms with E-state index in [2.05, 4.69) is 69.7 Å². The Bertz CT molecular complexity index is 1450. The Morgan fingerprint density at radius 1 is 1.00 bits per heavy atom. The Hall–Kier alpha value is -3.54. The zero-order chi connectivity index (χ0) is 30.5. The molecule has 0 radical (unpaired) electrons. The summed E-state index contributed by atoms with van der Waals surface area (Å²) >= 11 is 1.78. The highest BCUT2D eigenvalue weighted by molar-refractivity contribution is 7.99. The van der Waals surface area contributed by atoms with E-state index in [4.69, 9.17) is 4.74 Å². The van der Waals surface area contributed by atoms with Crippen LogP contribution in [0, 0.1) is 34.9 Å². The van der Waals surface area contributed by atoms with Gasteiger partial charge >= 0.3 is 6.09 Å². The lowest BCUT2D eigenvalue weighted by Gasteiger charge is -2.47. The molecule has 3 fully saturated rings. The third-order valence-corrected chi connectivity index (χ3v) is 10.9. The van der Waals surface area contributed by atoms with Gasteiger partial charge in [-0.25, -0.2) is 9.18 Å². The van der Waals surface area contributed by atoms with Crippen molar-refractivity contribution in [1.82, 2.24) is 10.2 Å². The van der Waals surface area contributed by atoms with Crippen molar-refractivity contribution in [3.63, 3.8) is 0 Å². The number of piperidine rings is 1. The normalized spacial score (nSPS) is 22.5. The number of likely N-dealkylation sites (tertiary alicyclic amines) is 1. The largest absolute Gasteiger partial charge is 0.446 e. The highest BCUT2D eigenvalue weighted by Gasteiger charge is 2.53. The molecule has 2 saturated heterocycles. The van der Waals surface area contributed by atoms with Crippen molar-refractivity contribution >= 4 is 23.5 Å². The van der Waals surface area contributed by atoms with Crippen LogP contribution in [0.5, 0.6) is 0 Å². The molecule has 3 aromatic rings. The second-order valence-electron chi connectivity index (χ2n) is 12.5. The lowest BCUT2D eigenvalue weighted by atomic mass is 9.59. The predicted octanol–water partition coefficient (Wildman–Crippen LogP) is 7.11. The Morgan fingerprint density at radius 2 is 1.73 bits per heavy atom. The quantitative estimate of drug-likeness (QED) is 0.278. The topological polar surface area (TPSA) is 68.6 Å². The minimum atomic E-state index is -0.901. The first kappa shape index (κ1) is 30.5. The van der Waals surface area contributed by atoms with E-state index in [9.17, 15) is 14.4 Å². The Labute approximate surface area is 264 Å². The first-order valence-corrected chi connectivity index (χ1v) is 16.7. The van der Waals surface area contributed by atoms with E-state index >= 15 is 0 Å². The molecule has 0 bridgehead atoms. The average Bonchev–Trinajstić information content (AvgIpc) is 3.49. The molecule has 0 aromatic heterocycles. The fraction of sp³-hybridized carbons (Fsp3) is 0.444. The molecule has 3 aliphatic rings. The van der Waals surface area contributed by atoms with E-state index in [-0.39, 0.29) is 23.8 Å². The number of carbonyl (C=O) groups is 1. The van der Waals surface area contributed by atoms with E-state index < -0.39 is 11.5 Å². The second kappa shape index (κ2) is 13.6. The number of alkyl carbamates (subject to hydrolysis) is 1. The number of ether oxygens (including phenoxy) is 1. The maximum absolute atomic E-state index is 14.5. The maximum atomic E-state index is 14.5. The van der Waals surface area contributed by atoms with Gasteiger partial charge in [0.25, 0.3) is 0 Å². The van der Waals surface area contributed by atoms with Crippen LogP contribution in [0.4, 0.5) is 14.9 Å². The van der Waals surface area contributed by atoms with Gasteiger partial charge in [-0.2, -0.15) is 5.26 Å². The fourth-order valence-corrected chi connectivity index (χ4v) is 8.54. The third-order valence-electron chi connectivity index (χ3n) is 9.87. The summed E-state index contributed by atoms with van der Waals surface area (Å²) in [5.41, 5.74) is 1.09. The number of anilines is 1. The van der Waals surface area contributed by atoms with Crippen LogP contribution < -0.4 is 10.2 Å². The molecular weight excluding hydrogens is 571 g/mol. The molecule has 2 heterocycles. The summed E-state index contributed by atoms with van der Waals surface area (Å²) in [5, 5.41) is 13.4. The second-order valence-corrected chi connectivity index (χ2v) is 13.6. The van der Waals surface area contributed by atoms with Crippen molar-refractivity contribution in [3.8, 4) is 6.07 Å². The van der Waals surface area contributed by atoms with Crippen LogP contribution in [0.15, 0.2) is 88.7 Å². The fourth-order valence-electron chi connectivity index (χ4n) is 7.70. The highest BCUT2D eigenvalue weighted by atomic mass is 32.2. The molecule has 1 N–H and O–H groups in total. The average molecular weight is 613 g/mol. The molecule has 1 amide bonds. The maximum Gasteiger partial charge on any atom is 0.407 e. The van der Waals surface area contributed by atoms with Crippen LogP contribution in [-0.4, -0.2) is 56.9 Å². The van der Waals surface area contributed by atoms with E-state index in [0.717, 1.165) is 70.4 Å². The van der Waals surface area contributed by atoms with Gasteiger partial charge in [0.2, 0.25) is 0 Å². The molecule has 1 saturated carbocycles. The molecule has 44 heavy (non-hydrogen) atoms. The van der Waals surface area contributed by atoms with Crippen molar-refractivity contribution in [3.05, 3.63) is 90.2 Å². The number of halogens is 1. The first-order valence-electron chi connectivity index (χ1n) is 15.8. The Kier molecular flexibility index (Phi) is 9.44. The number of nitriles is 1. The predicted molar refractivity (Wildman–Crippen MR) is 172 cm³/mol. The SMILES string of the molecule is CNC(=O)O[C@H]1CCC[C@@H]1[C@](C#N)(c1cccc(F)c1)C1CCN(CC2CN(c3ccc(Sc4ccccc4)cc3)C2)CC1. The molecule has 8 heteroatoms. The van der Waals surface area contributed by atoms with Crippen LogP contribution in [0.2, 0.25) is 0 Å². The number of hydrogen-bond donors (Lipinski definition) is 1. The summed E-state index contributed by atoms with van der Waals surface area (Å²) in [5.74, 6) is 0.185. The number of benzene rings is 3. The van der Waals surface area contributed by atoms with E-state index in [1.807, 2.05) is 12.1 Å². The standard InChI is InChI=1S/C36H41FN4O2S/c1-39-35(42)43-34-12-6-11-33(34)36(25-38,28-7-5-8-29(37)21-28)27-17-19-40(20-18-27)22-26-23-41(24-26)30-13-15-32(16-14-30)44-31-9-3-2-4-10-31/h2-5,7-10,13-16,21,26-27,33-34H,6,11-12,17-20,22-24H2,1H3,(H,39,42)/t33-,34-,36-/m0/s1.